The van der Waals surface area contributed by atoms with Crippen LogP contribution in [0.5, 0.6) is 0 Å². The molecule has 0 spiro atoms. The average molecular weight is 334 g/mol. The molecule has 4 rings (SSSR count). The monoisotopic (exact) mass is 334 g/mol. The van der Waals surface area contributed by atoms with Gasteiger partial charge in [-0.05, 0) is 36.8 Å². The van der Waals surface area contributed by atoms with Crippen molar-refractivity contribution in [1.29, 1.82) is 0 Å². The third-order valence-electron chi connectivity index (χ3n) is 3.90. The highest BCUT2D eigenvalue weighted by atomic mass is 16.5. The van der Waals surface area contributed by atoms with Crippen LogP contribution in [0.25, 0.3) is 22.4 Å². The third kappa shape index (κ3) is 2.99. The Balaban J connectivity index is 1.55. The Hall–Kier alpha value is -3.48. The average Bonchev–Trinajstić information content (AvgIpc) is 3.27. The number of nitrogens with one attached hydrogen (secondary N) is 1. The highest BCUT2D eigenvalue weighted by Gasteiger charge is 2.14. The number of aryl methyl sites for hydroxylation is 1. The van der Waals surface area contributed by atoms with E-state index in [-0.39, 0.29) is 12.3 Å². The summed E-state index contributed by atoms with van der Waals surface area (Å²) in [6.45, 7) is 1.92. The van der Waals surface area contributed by atoms with Gasteiger partial charge in [-0.15, -0.1) is 10.2 Å². The fourth-order valence-electron chi connectivity index (χ4n) is 2.60. The third-order valence-corrected chi connectivity index (χ3v) is 3.90. The first-order chi connectivity index (χ1) is 12.2. The van der Waals surface area contributed by atoms with Crippen LogP contribution in [-0.2, 0) is 11.2 Å². The van der Waals surface area contributed by atoms with Gasteiger partial charge in [-0.1, -0.05) is 23.4 Å². The maximum Gasteiger partial charge on any atom is 0.247 e. The van der Waals surface area contributed by atoms with Gasteiger partial charge in [0.05, 0.1) is 6.42 Å². The molecule has 2 heterocycles. The second kappa shape index (κ2) is 6.20. The van der Waals surface area contributed by atoms with E-state index in [2.05, 4.69) is 20.7 Å². The summed E-state index contributed by atoms with van der Waals surface area (Å²) in [5.41, 5.74) is 3.64. The first-order valence-electron chi connectivity index (χ1n) is 7.71. The van der Waals surface area contributed by atoms with Crippen molar-refractivity contribution < 1.29 is 13.7 Å². The molecule has 0 fully saturated rings. The van der Waals surface area contributed by atoms with Crippen molar-refractivity contribution >= 4 is 22.6 Å². The SMILES string of the molecule is Cc1ccc(-c2nnco2)cc1NC(=O)Cc1noc2ccccc12. The first-order valence-corrected chi connectivity index (χ1v) is 7.71. The van der Waals surface area contributed by atoms with E-state index in [1.54, 1.807) is 0 Å². The van der Waals surface area contributed by atoms with E-state index in [1.165, 1.54) is 6.39 Å². The molecule has 0 radical (unpaired) electrons. The van der Waals surface area contributed by atoms with E-state index in [1.807, 2.05) is 49.4 Å². The number of benzene rings is 2. The molecule has 0 unspecified atom stereocenters. The van der Waals surface area contributed by atoms with Gasteiger partial charge in [-0.25, -0.2) is 0 Å². The summed E-state index contributed by atoms with van der Waals surface area (Å²) in [4.78, 5) is 12.4. The number of nitrogens with zero attached hydrogens (tertiary/aromatic N) is 3. The molecule has 0 atom stereocenters. The molecule has 0 saturated heterocycles. The molecular weight excluding hydrogens is 320 g/mol. The van der Waals surface area contributed by atoms with Crippen LogP contribution in [0.15, 0.2) is 57.8 Å². The first kappa shape index (κ1) is 15.1. The Morgan fingerprint density at radius 2 is 2.08 bits per heavy atom. The Morgan fingerprint density at radius 1 is 1.20 bits per heavy atom. The molecule has 0 aliphatic heterocycles. The van der Waals surface area contributed by atoms with Crippen molar-refractivity contribution in [3.8, 4) is 11.5 Å². The van der Waals surface area contributed by atoms with Gasteiger partial charge in [0.15, 0.2) is 5.58 Å². The lowest BCUT2D eigenvalue weighted by Gasteiger charge is -2.09. The zero-order valence-corrected chi connectivity index (χ0v) is 13.4. The molecule has 0 saturated carbocycles. The van der Waals surface area contributed by atoms with Crippen molar-refractivity contribution in [1.82, 2.24) is 15.4 Å². The highest BCUT2D eigenvalue weighted by molar-refractivity contribution is 5.95. The van der Waals surface area contributed by atoms with Crippen molar-refractivity contribution in [2.24, 2.45) is 0 Å². The number of aromatic nitrogens is 3. The van der Waals surface area contributed by atoms with Crippen LogP contribution >= 0.6 is 0 Å². The fourth-order valence-corrected chi connectivity index (χ4v) is 2.60. The van der Waals surface area contributed by atoms with Crippen LogP contribution in [0, 0.1) is 6.92 Å². The quantitative estimate of drug-likeness (QED) is 0.615. The van der Waals surface area contributed by atoms with E-state index in [4.69, 9.17) is 8.94 Å². The van der Waals surface area contributed by atoms with Crippen LogP contribution in [0.1, 0.15) is 11.3 Å². The lowest BCUT2D eigenvalue weighted by molar-refractivity contribution is -0.115. The van der Waals surface area contributed by atoms with Crippen molar-refractivity contribution in [2.45, 2.75) is 13.3 Å². The minimum atomic E-state index is -0.176. The van der Waals surface area contributed by atoms with Gasteiger partial charge in [0, 0.05) is 16.6 Å². The Labute approximate surface area is 142 Å². The van der Waals surface area contributed by atoms with Gasteiger partial charge in [0.25, 0.3) is 0 Å². The normalized spacial score (nSPS) is 10.9. The molecule has 124 valence electrons. The van der Waals surface area contributed by atoms with E-state index in [9.17, 15) is 4.79 Å². The Kier molecular flexibility index (Phi) is 3.74. The minimum Gasteiger partial charge on any atom is -0.423 e. The summed E-state index contributed by atoms with van der Waals surface area (Å²) in [5, 5.41) is 15.3. The van der Waals surface area contributed by atoms with Crippen molar-refractivity contribution in [2.75, 3.05) is 5.32 Å². The molecule has 2 aromatic heterocycles. The number of rotatable bonds is 4. The number of hydrogen-bond donors (Lipinski definition) is 1. The maximum absolute atomic E-state index is 12.4. The second-order valence-corrected chi connectivity index (χ2v) is 5.62. The van der Waals surface area contributed by atoms with Crippen molar-refractivity contribution in [3.05, 3.63) is 60.1 Å². The molecule has 0 aliphatic carbocycles. The zero-order chi connectivity index (χ0) is 17.2. The molecule has 2 aromatic carbocycles. The van der Waals surface area contributed by atoms with Gasteiger partial charge >= 0.3 is 0 Å². The summed E-state index contributed by atoms with van der Waals surface area (Å²) in [6, 6.07) is 13.0. The van der Waals surface area contributed by atoms with E-state index in [0.717, 1.165) is 16.5 Å². The molecule has 1 amide bonds. The number of anilines is 1. The summed E-state index contributed by atoms with van der Waals surface area (Å²) < 4.78 is 10.4. The fraction of sp³-hybridized carbons (Fsp3) is 0.111. The van der Waals surface area contributed by atoms with E-state index < -0.39 is 0 Å². The highest BCUT2D eigenvalue weighted by Crippen LogP contribution is 2.24. The number of carbonyl (C=O) groups excluding carboxylic acids is 1. The molecular formula is C18H14N4O3. The topological polar surface area (TPSA) is 94.1 Å². The maximum atomic E-state index is 12.4. The molecule has 25 heavy (non-hydrogen) atoms. The van der Waals surface area contributed by atoms with Crippen LogP contribution < -0.4 is 5.32 Å². The van der Waals surface area contributed by atoms with E-state index in [0.29, 0.717) is 22.9 Å². The largest absolute Gasteiger partial charge is 0.423 e. The predicted molar refractivity (Wildman–Crippen MR) is 90.8 cm³/mol. The van der Waals surface area contributed by atoms with Crippen LogP contribution in [0.2, 0.25) is 0 Å². The number of amides is 1. The number of fused-ring (bicyclic) bond motifs is 1. The number of para-hydroxylation sites is 1. The minimum absolute atomic E-state index is 0.126. The summed E-state index contributed by atoms with van der Waals surface area (Å²) in [7, 11) is 0. The summed E-state index contributed by atoms with van der Waals surface area (Å²) in [5.74, 6) is 0.225. The molecule has 7 heteroatoms. The van der Waals surface area contributed by atoms with Crippen molar-refractivity contribution in [3.63, 3.8) is 0 Å². The van der Waals surface area contributed by atoms with Gasteiger partial charge in [-0.3, -0.25) is 4.79 Å². The van der Waals surface area contributed by atoms with Crippen LogP contribution in [0.4, 0.5) is 5.69 Å². The predicted octanol–water partition coefficient (Wildman–Crippen LogP) is 3.37. The lowest BCUT2D eigenvalue weighted by Crippen LogP contribution is -2.15. The number of carbonyl (C=O) groups is 1. The molecule has 7 nitrogen and oxygen atoms in total. The van der Waals surface area contributed by atoms with Gasteiger partial charge < -0.3 is 14.3 Å². The van der Waals surface area contributed by atoms with Gasteiger partial charge in [0.2, 0.25) is 18.2 Å². The Morgan fingerprint density at radius 3 is 2.92 bits per heavy atom. The molecule has 0 bridgehead atoms. The van der Waals surface area contributed by atoms with Gasteiger partial charge in [-0.2, -0.15) is 0 Å². The Bertz CT molecular complexity index is 1040. The summed E-state index contributed by atoms with van der Waals surface area (Å²) >= 11 is 0. The van der Waals surface area contributed by atoms with Gasteiger partial charge in [0.1, 0.15) is 5.69 Å². The zero-order valence-electron chi connectivity index (χ0n) is 13.4. The molecule has 0 aliphatic rings. The molecule has 1 N–H and O–H groups in total. The van der Waals surface area contributed by atoms with E-state index >= 15 is 0 Å². The lowest BCUT2D eigenvalue weighted by atomic mass is 10.1. The number of hydrogen-bond acceptors (Lipinski definition) is 6. The standard InChI is InChI=1S/C18H14N4O3/c1-11-6-7-12(18-21-19-10-24-18)8-14(11)20-17(23)9-15-13-4-2-3-5-16(13)25-22-15/h2-8,10H,9H2,1H3,(H,20,23). The second-order valence-electron chi connectivity index (χ2n) is 5.62. The summed E-state index contributed by atoms with van der Waals surface area (Å²) in [6.07, 6.45) is 1.39. The molecule has 4 aromatic rings. The smallest absolute Gasteiger partial charge is 0.247 e. The van der Waals surface area contributed by atoms with Crippen LogP contribution in [0.3, 0.4) is 0 Å². The van der Waals surface area contributed by atoms with Crippen LogP contribution in [-0.4, -0.2) is 21.3 Å².